The number of hydrogen-bond donors (Lipinski definition) is 1. The normalized spacial score (nSPS) is 19.5. The van der Waals surface area contributed by atoms with Gasteiger partial charge in [-0.1, -0.05) is 12.1 Å². The molecule has 7 heteroatoms. The van der Waals surface area contributed by atoms with E-state index < -0.39 is 0 Å². The standard InChI is InChI=1S/C23H32N4O2S/c1-26(2)14-6-8-19(28)25-15-16-9-11-17(12-10-16)20-18-7-5-13-24-22(18)30-21(20)23(29)27(3)4/h5-8,13,16-17H,9-12,14-15H2,1-4H3,(H,25,28)/b8-6+. The smallest absolute Gasteiger partial charge is 0.263 e. The highest BCUT2D eigenvalue weighted by molar-refractivity contribution is 7.20. The van der Waals surface area contributed by atoms with Crippen molar-refractivity contribution in [3.05, 3.63) is 40.9 Å². The minimum atomic E-state index is -0.0206. The predicted octanol–water partition coefficient (Wildman–Crippen LogP) is 3.51. The van der Waals surface area contributed by atoms with Crippen LogP contribution in [0.25, 0.3) is 10.2 Å². The van der Waals surface area contributed by atoms with Gasteiger partial charge in [0.2, 0.25) is 5.91 Å². The van der Waals surface area contributed by atoms with Crippen LogP contribution < -0.4 is 5.32 Å². The number of carbonyl (C=O) groups is 2. The summed E-state index contributed by atoms with van der Waals surface area (Å²) in [6, 6.07) is 4.04. The lowest BCUT2D eigenvalue weighted by atomic mass is 9.78. The van der Waals surface area contributed by atoms with Gasteiger partial charge in [-0.2, -0.15) is 0 Å². The van der Waals surface area contributed by atoms with Crippen molar-refractivity contribution < 1.29 is 9.59 Å². The third-order valence-corrected chi connectivity index (χ3v) is 6.78. The molecule has 0 bridgehead atoms. The maximum absolute atomic E-state index is 12.8. The van der Waals surface area contributed by atoms with Crippen LogP contribution in [-0.2, 0) is 4.79 Å². The molecule has 1 saturated carbocycles. The van der Waals surface area contributed by atoms with Crippen LogP contribution in [0, 0.1) is 5.92 Å². The van der Waals surface area contributed by atoms with Gasteiger partial charge in [-0.15, -0.1) is 11.3 Å². The highest BCUT2D eigenvalue weighted by Crippen LogP contribution is 2.43. The molecule has 2 aromatic rings. The number of nitrogens with zero attached hydrogens (tertiary/aromatic N) is 3. The topological polar surface area (TPSA) is 65.5 Å². The van der Waals surface area contributed by atoms with Crippen molar-refractivity contribution in [2.24, 2.45) is 5.92 Å². The van der Waals surface area contributed by atoms with Crippen LogP contribution in [0.5, 0.6) is 0 Å². The molecule has 1 aliphatic carbocycles. The van der Waals surface area contributed by atoms with E-state index in [4.69, 9.17) is 0 Å². The molecular weight excluding hydrogens is 396 g/mol. The zero-order valence-electron chi connectivity index (χ0n) is 18.4. The van der Waals surface area contributed by atoms with Gasteiger partial charge in [-0.3, -0.25) is 9.59 Å². The van der Waals surface area contributed by atoms with Gasteiger partial charge in [-0.25, -0.2) is 4.98 Å². The molecule has 0 spiro atoms. The highest BCUT2D eigenvalue weighted by atomic mass is 32.1. The van der Waals surface area contributed by atoms with E-state index in [0.717, 1.165) is 47.3 Å². The van der Waals surface area contributed by atoms with Crippen LogP contribution >= 0.6 is 11.3 Å². The number of amides is 2. The first-order valence-electron chi connectivity index (χ1n) is 10.5. The van der Waals surface area contributed by atoms with Gasteiger partial charge in [0.15, 0.2) is 0 Å². The molecule has 30 heavy (non-hydrogen) atoms. The summed E-state index contributed by atoms with van der Waals surface area (Å²) >= 11 is 1.51. The number of nitrogens with one attached hydrogen (secondary N) is 1. The van der Waals surface area contributed by atoms with Gasteiger partial charge in [0, 0.05) is 44.8 Å². The largest absolute Gasteiger partial charge is 0.352 e. The van der Waals surface area contributed by atoms with E-state index in [1.54, 1.807) is 31.3 Å². The Hall–Kier alpha value is -2.25. The molecule has 0 saturated heterocycles. The number of rotatable bonds is 7. The second-order valence-corrected chi connectivity index (χ2v) is 9.53. The molecule has 0 aliphatic heterocycles. The average Bonchev–Trinajstić information content (AvgIpc) is 3.11. The van der Waals surface area contributed by atoms with E-state index in [1.165, 1.54) is 16.9 Å². The van der Waals surface area contributed by atoms with Crippen LogP contribution in [0.4, 0.5) is 0 Å². The second-order valence-electron chi connectivity index (χ2n) is 8.53. The number of likely N-dealkylation sites (N-methyl/N-ethyl adjacent to an activating group) is 1. The van der Waals surface area contributed by atoms with E-state index in [-0.39, 0.29) is 11.8 Å². The van der Waals surface area contributed by atoms with Gasteiger partial charge in [0.1, 0.15) is 4.83 Å². The Morgan fingerprint density at radius 3 is 2.60 bits per heavy atom. The second kappa shape index (κ2) is 10.2. The summed E-state index contributed by atoms with van der Waals surface area (Å²) in [6.07, 6.45) is 9.47. The molecule has 2 heterocycles. The van der Waals surface area contributed by atoms with Crippen molar-refractivity contribution in [1.82, 2.24) is 20.1 Å². The Kier molecular flexibility index (Phi) is 7.61. The minimum Gasteiger partial charge on any atom is -0.352 e. The lowest BCUT2D eigenvalue weighted by Crippen LogP contribution is -2.30. The van der Waals surface area contributed by atoms with Crippen LogP contribution in [0.2, 0.25) is 0 Å². The maximum atomic E-state index is 12.8. The van der Waals surface area contributed by atoms with E-state index in [0.29, 0.717) is 18.4 Å². The molecule has 1 aliphatic rings. The highest BCUT2D eigenvalue weighted by Gasteiger charge is 2.30. The summed E-state index contributed by atoms with van der Waals surface area (Å²) in [5.41, 5.74) is 1.18. The monoisotopic (exact) mass is 428 g/mol. The number of carbonyl (C=O) groups excluding carboxylic acids is 2. The van der Waals surface area contributed by atoms with Crippen LogP contribution in [0.15, 0.2) is 30.5 Å². The molecule has 162 valence electrons. The Bertz CT molecular complexity index is 911. The number of fused-ring (bicyclic) bond motifs is 1. The molecule has 3 rings (SSSR count). The van der Waals surface area contributed by atoms with Crippen molar-refractivity contribution in [2.75, 3.05) is 41.3 Å². The van der Waals surface area contributed by atoms with Gasteiger partial charge in [0.05, 0.1) is 4.88 Å². The molecule has 0 radical (unpaired) electrons. The van der Waals surface area contributed by atoms with E-state index in [1.807, 2.05) is 31.1 Å². The Labute approximate surface area is 183 Å². The Balaban J connectivity index is 1.63. The van der Waals surface area contributed by atoms with Crippen LogP contribution in [0.1, 0.15) is 46.8 Å². The van der Waals surface area contributed by atoms with E-state index >= 15 is 0 Å². The maximum Gasteiger partial charge on any atom is 0.263 e. The fourth-order valence-corrected chi connectivity index (χ4v) is 5.30. The van der Waals surface area contributed by atoms with Gasteiger partial charge in [0.25, 0.3) is 5.91 Å². The van der Waals surface area contributed by atoms with Crippen LogP contribution in [0.3, 0.4) is 0 Å². The molecule has 6 nitrogen and oxygen atoms in total. The van der Waals surface area contributed by atoms with E-state index in [2.05, 4.69) is 16.4 Å². The number of aromatic nitrogens is 1. The fraction of sp³-hybridized carbons (Fsp3) is 0.522. The predicted molar refractivity (Wildman–Crippen MR) is 123 cm³/mol. The lowest BCUT2D eigenvalue weighted by Gasteiger charge is -2.29. The third-order valence-electron chi connectivity index (χ3n) is 5.66. The lowest BCUT2D eigenvalue weighted by molar-refractivity contribution is -0.116. The Morgan fingerprint density at radius 1 is 1.20 bits per heavy atom. The third kappa shape index (κ3) is 5.46. The summed E-state index contributed by atoms with van der Waals surface area (Å²) in [7, 11) is 7.56. The summed E-state index contributed by atoms with van der Waals surface area (Å²) in [6.45, 7) is 1.48. The number of pyridine rings is 1. The summed E-state index contributed by atoms with van der Waals surface area (Å²) < 4.78 is 0. The van der Waals surface area contributed by atoms with Gasteiger partial charge in [-0.05, 0) is 63.2 Å². The molecule has 0 unspecified atom stereocenters. The van der Waals surface area contributed by atoms with Crippen molar-refractivity contribution in [1.29, 1.82) is 0 Å². The van der Waals surface area contributed by atoms with Crippen molar-refractivity contribution in [3.63, 3.8) is 0 Å². The van der Waals surface area contributed by atoms with Crippen molar-refractivity contribution >= 4 is 33.4 Å². The molecule has 1 fully saturated rings. The van der Waals surface area contributed by atoms with Crippen molar-refractivity contribution in [2.45, 2.75) is 31.6 Å². The first-order chi connectivity index (χ1) is 14.4. The summed E-state index contributed by atoms with van der Waals surface area (Å²) in [4.78, 5) is 34.7. The molecule has 0 aromatic carbocycles. The van der Waals surface area contributed by atoms with Crippen LogP contribution in [-0.4, -0.2) is 67.9 Å². The Morgan fingerprint density at radius 2 is 1.93 bits per heavy atom. The van der Waals surface area contributed by atoms with Gasteiger partial charge >= 0.3 is 0 Å². The fourth-order valence-electron chi connectivity index (χ4n) is 4.05. The quantitative estimate of drug-likeness (QED) is 0.686. The summed E-state index contributed by atoms with van der Waals surface area (Å²) in [5, 5.41) is 4.16. The van der Waals surface area contributed by atoms with Crippen molar-refractivity contribution in [3.8, 4) is 0 Å². The molecule has 0 atom stereocenters. The first-order valence-corrected chi connectivity index (χ1v) is 11.4. The van der Waals surface area contributed by atoms with E-state index in [9.17, 15) is 9.59 Å². The number of hydrogen-bond acceptors (Lipinski definition) is 5. The summed E-state index contributed by atoms with van der Waals surface area (Å²) in [5.74, 6) is 0.900. The first kappa shape index (κ1) is 22.4. The van der Waals surface area contributed by atoms with Gasteiger partial charge < -0.3 is 15.1 Å². The molecular formula is C23H32N4O2S. The zero-order chi connectivity index (χ0) is 21.7. The zero-order valence-corrected chi connectivity index (χ0v) is 19.2. The minimum absolute atomic E-state index is 0.0206. The average molecular weight is 429 g/mol. The SMILES string of the molecule is CN(C)C/C=C/C(=O)NCC1CCC(c2c(C(=O)N(C)C)sc3ncccc23)CC1. The molecule has 2 aromatic heterocycles. The molecule has 1 N–H and O–H groups in total. The molecule has 2 amide bonds. The number of thiophene rings is 1.